The second kappa shape index (κ2) is 4.80. The first kappa shape index (κ1) is 12.6. The van der Waals surface area contributed by atoms with Gasteiger partial charge in [-0.3, -0.25) is 0 Å². The van der Waals surface area contributed by atoms with Crippen molar-refractivity contribution in [1.82, 2.24) is 9.55 Å². The molecule has 0 saturated heterocycles. The topological polar surface area (TPSA) is 55.1 Å². The summed E-state index contributed by atoms with van der Waals surface area (Å²) in [6, 6.07) is 5.60. The van der Waals surface area contributed by atoms with Gasteiger partial charge in [-0.1, -0.05) is 26.3 Å². The van der Waals surface area contributed by atoms with E-state index in [2.05, 4.69) is 30.3 Å². The fourth-order valence-corrected chi connectivity index (χ4v) is 2.17. The largest absolute Gasteiger partial charge is 0.478 e. The van der Waals surface area contributed by atoms with Crippen LogP contribution in [0.15, 0.2) is 24.5 Å². The van der Waals surface area contributed by atoms with E-state index in [9.17, 15) is 4.79 Å². The Labute approximate surface area is 106 Å². The summed E-state index contributed by atoms with van der Waals surface area (Å²) in [6.07, 6.45) is 2.83. The number of aromatic nitrogens is 2. The lowest BCUT2D eigenvalue weighted by molar-refractivity contribution is 0.0699. The molecule has 0 aliphatic carbocycles. The maximum Gasteiger partial charge on any atom is 0.337 e. The monoisotopic (exact) mass is 246 g/mol. The number of carboxylic acid groups (broad SMARTS) is 1. The van der Waals surface area contributed by atoms with Crippen LogP contribution in [0.1, 0.15) is 43.6 Å². The normalized spacial score (nSPS) is 14.6. The van der Waals surface area contributed by atoms with Crippen LogP contribution >= 0.6 is 0 Å². The summed E-state index contributed by atoms with van der Waals surface area (Å²) < 4.78 is 2.07. The summed E-state index contributed by atoms with van der Waals surface area (Å²) in [6.45, 7) is 6.49. The van der Waals surface area contributed by atoms with E-state index in [0.29, 0.717) is 17.5 Å². The molecule has 96 valence electrons. The summed E-state index contributed by atoms with van der Waals surface area (Å²) in [7, 11) is 0. The van der Waals surface area contributed by atoms with Gasteiger partial charge in [0.1, 0.15) is 5.52 Å². The molecule has 4 heteroatoms. The van der Waals surface area contributed by atoms with E-state index in [1.165, 1.54) is 0 Å². The molecule has 0 fully saturated rings. The maximum absolute atomic E-state index is 11.1. The van der Waals surface area contributed by atoms with Crippen molar-refractivity contribution in [1.29, 1.82) is 0 Å². The molecule has 4 nitrogen and oxygen atoms in total. The number of hydrogen-bond acceptors (Lipinski definition) is 2. The van der Waals surface area contributed by atoms with Gasteiger partial charge >= 0.3 is 5.97 Å². The molecular formula is C14H18N2O2. The Kier molecular flexibility index (Phi) is 3.36. The third-order valence-corrected chi connectivity index (χ3v) is 3.74. The van der Waals surface area contributed by atoms with Crippen LogP contribution in [0.5, 0.6) is 0 Å². The minimum absolute atomic E-state index is 0.266. The SMILES string of the molecule is CCC(C)C(C)n1cnc2c(C(=O)O)cccc21. The van der Waals surface area contributed by atoms with E-state index in [4.69, 9.17) is 5.11 Å². The second-order valence-electron chi connectivity index (χ2n) is 4.76. The van der Waals surface area contributed by atoms with Gasteiger partial charge in [-0.15, -0.1) is 0 Å². The Morgan fingerprint density at radius 2 is 2.17 bits per heavy atom. The fraction of sp³-hybridized carbons (Fsp3) is 0.429. The summed E-state index contributed by atoms with van der Waals surface area (Å²) in [5.41, 5.74) is 1.73. The third-order valence-electron chi connectivity index (χ3n) is 3.74. The number of nitrogens with zero attached hydrogens (tertiary/aromatic N) is 2. The molecular weight excluding hydrogens is 228 g/mol. The first-order valence-corrected chi connectivity index (χ1v) is 6.25. The number of hydrogen-bond donors (Lipinski definition) is 1. The van der Waals surface area contributed by atoms with Crippen molar-refractivity contribution in [3.63, 3.8) is 0 Å². The molecule has 2 aromatic rings. The molecule has 2 unspecified atom stereocenters. The van der Waals surface area contributed by atoms with Gasteiger partial charge in [0.05, 0.1) is 17.4 Å². The number of carbonyl (C=O) groups is 1. The smallest absolute Gasteiger partial charge is 0.337 e. The number of fused-ring (bicyclic) bond motifs is 1. The lowest BCUT2D eigenvalue weighted by Gasteiger charge is -2.20. The highest BCUT2D eigenvalue weighted by Crippen LogP contribution is 2.26. The van der Waals surface area contributed by atoms with E-state index < -0.39 is 5.97 Å². The summed E-state index contributed by atoms with van der Waals surface area (Å²) in [4.78, 5) is 15.4. The molecule has 18 heavy (non-hydrogen) atoms. The first-order valence-electron chi connectivity index (χ1n) is 6.25. The average molecular weight is 246 g/mol. The first-order chi connectivity index (χ1) is 8.56. The zero-order valence-electron chi connectivity index (χ0n) is 10.9. The molecule has 2 atom stereocenters. The van der Waals surface area contributed by atoms with Crippen molar-refractivity contribution in [2.75, 3.05) is 0 Å². The number of carboxylic acids is 1. The lowest BCUT2D eigenvalue weighted by atomic mass is 10.0. The van der Waals surface area contributed by atoms with Crippen molar-refractivity contribution in [3.05, 3.63) is 30.1 Å². The van der Waals surface area contributed by atoms with E-state index >= 15 is 0 Å². The molecule has 0 saturated carbocycles. The predicted molar refractivity (Wildman–Crippen MR) is 70.9 cm³/mol. The second-order valence-corrected chi connectivity index (χ2v) is 4.76. The lowest BCUT2D eigenvalue weighted by Crippen LogP contribution is -2.12. The molecule has 0 aliphatic heterocycles. The zero-order valence-corrected chi connectivity index (χ0v) is 10.9. The predicted octanol–water partition coefficient (Wildman–Crippen LogP) is 3.34. The quantitative estimate of drug-likeness (QED) is 0.900. The number of imidazole rings is 1. The maximum atomic E-state index is 11.1. The minimum atomic E-state index is -0.929. The molecule has 0 bridgehead atoms. The zero-order chi connectivity index (χ0) is 13.3. The van der Waals surface area contributed by atoms with Gasteiger partial charge in [0, 0.05) is 6.04 Å². The molecule has 1 heterocycles. The Morgan fingerprint density at radius 3 is 2.78 bits per heavy atom. The Morgan fingerprint density at radius 1 is 1.44 bits per heavy atom. The van der Waals surface area contributed by atoms with Gasteiger partial charge < -0.3 is 9.67 Å². The van der Waals surface area contributed by atoms with Gasteiger partial charge in [-0.2, -0.15) is 0 Å². The van der Waals surface area contributed by atoms with Gasteiger partial charge in [0.25, 0.3) is 0 Å². The van der Waals surface area contributed by atoms with Crippen LogP contribution in [-0.2, 0) is 0 Å². The molecule has 0 radical (unpaired) electrons. The standard InChI is InChI=1S/C14H18N2O2/c1-4-9(2)10(3)16-8-15-13-11(14(17)18)6-5-7-12(13)16/h5-10H,4H2,1-3H3,(H,17,18). The van der Waals surface area contributed by atoms with Crippen molar-refractivity contribution >= 4 is 17.0 Å². The third kappa shape index (κ3) is 1.98. The van der Waals surface area contributed by atoms with Crippen LogP contribution in [-0.4, -0.2) is 20.6 Å². The van der Waals surface area contributed by atoms with Gasteiger partial charge in [-0.25, -0.2) is 9.78 Å². The van der Waals surface area contributed by atoms with Crippen LogP contribution in [0.3, 0.4) is 0 Å². The molecule has 1 N–H and O–H groups in total. The van der Waals surface area contributed by atoms with E-state index in [1.807, 2.05) is 6.07 Å². The number of benzene rings is 1. The summed E-state index contributed by atoms with van der Waals surface area (Å²) in [5, 5.41) is 9.14. The highest BCUT2D eigenvalue weighted by Gasteiger charge is 2.17. The number of para-hydroxylation sites is 1. The average Bonchev–Trinajstić information content (AvgIpc) is 2.80. The van der Waals surface area contributed by atoms with Crippen molar-refractivity contribution in [2.24, 2.45) is 5.92 Å². The van der Waals surface area contributed by atoms with Crippen molar-refractivity contribution in [2.45, 2.75) is 33.2 Å². The Balaban J connectivity index is 2.55. The Bertz CT molecular complexity index is 574. The van der Waals surface area contributed by atoms with Crippen molar-refractivity contribution < 1.29 is 9.90 Å². The minimum Gasteiger partial charge on any atom is -0.478 e. The molecule has 0 aliphatic rings. The molecule has 2 rings (SSSR count). The van der Waals surface area contributed by atoms with E-state index in [1.54, 1.807) is 18.5 Å². The van der Waals surface area contributed by atoms with Crippen LogP contribution in [0.2, 0.25) is 0 Å². The molecule has 0 amide bonds. The number of aromatic carboxylic acids is 1. The molecule has 1 aromatic carbocycles. The van der Waals surface area contributed by atoms with Crippen LogP contribution in [0.25, 0.3) is 11.0 Å². The van der Waals surface area contributed by atoms with Crippen LogP contribution in [0, 0.1) is 5.92 Å². The van der Waals surface area contributed by atoms with Crippen LogP contribution in [0.4, 0.5) is 0 Å². The van der Waals surface area contributed by atoms with Crippen molar-refractivity contribution in [3.8, 4) is 0 Å². The highest BCUT2D eigenvalue weighted by molar-refractivity contribution is 6.00. The van der Waals surface area contributed by atoms with Gasteiger partial charge in [-0.05, 0) is 25.0 Å². The van der Waals surface area contributed by atoms with E-state index in [0.717, 1.165) is 11.9 Å². The van der Waals surface area contributed by atoms with E-state index in [-0.39, 0.29) is 5.56 Å². The van der Waals surface area contributed by atoms with Crippen LogP contribution < -0.4 is 0 Å². The van der Waals surface area contributed by atoms with Gasteiger partial charge in [0.15, 0.2) is 0 Å². The van der Waals surface area contributed by atoms with Gasteiger partial charge in [0.2, 0.25) is 0 Å². The summed E-state index contributed by atoms with van der Waals surface area (Å²) in [5.74, 6) is -0.405. The molecule has 1 aromatic heterocycles. The highest BCUT2D eigenvalue weighted by atomic mass is 16.4. The Hall–Kier alpha value is -1.84. The molecule has 0 spiro atoms. The number of rotatable bonds is 4. The summed E-state index contributed by atoms with van der Waals surface area (Å²) >= 11 is 0. The fourth-order valence-electron chi connectivity index (χ4n) is 2.17.